The Morgan fingerprint density at radius 2 is 2.33 bits per heavy atom. The number of aromatic nitrogens is 2. The zero-order valence-corrected chi connectivity index (χ0v) is 7.67. The summed E-state index contributed by atoms with van der Waals surface area (Å²) in [6.45, 7) is 4.43. The maximum absolute atomic E-state index is 4.31. The summed E-state index contributed by atoms with van der Waals surface area (Å²) >= 11 is 0. The Hall–Kier alpha value is -0.920. The van der Waals surface area contributed by atoms with Gasteiger partial charge in [-0.05, 0) is 30.7 Å². The van der Waals surface area contributed by atoms with Crippen LogP contribution in [0.15, 0.2) is 6.33 Å². The van der Waals surface area contributed by atoms with E-state index in [4.69, 9.17) is 0 Å². The van der Waals surface area contributed by atoms with E-state index >= 15 is 0 Å². The number of aryl methyl sites for hydroxylation is 2. The Morgan fingerprint density at radius 3 is 3.08 bits per heavy atom. The van der Waals surface area contributed by atoms with Crippen molar-refractivity contribution in [1.82, 2.24) is 9.97 Å². The number of nitrogens with zero attached hydrogens (tertiary/aromatic N) is 2. The molecule has 0 amide bonds. The van der Waals surface area contributed by atoms with Crippen molar-refractivity contribution in [3.8, 4) is 0 Å². The summed E-state index contributed by atoms with van der Waals surface area (Å²) in [5.74, 6) is 0.677. The summed E-state index contributed by atoms with van der Waals surface area (Å²) in [7, 11) is 0. The van der Waals surface area contributed by atoms with Crippen LogP contribution in [0.2, 0.25) is 0 Å². The summed E-state index contributed by atoms with van der Waals surface area (Å²) < 4.78 is 0. The van der Waals surface area contributed by atoms with Gasteiger partial charge in [-0.3, -0.25) is 0 Å². The van der Waals surface area contributed by atoms with Crippen LogP contribution in [-0.4, -0.2) is 9.97 Å². The minimum atomic E-state index is 0.677. The molecule has 64 valence electrons. The Labute approximate surface area is 73.1 Å². The summed E-state index contributed by atoms with van der Waals surface area (Å²) in [5, 5.41) is 0. The van der Waals surface area contributed by atoms with E-state index in [9.17, 15) is 0 Å². The van der Waals surface area contributed by atoms with Gasteiger partial charge < -0.3 is 0 Å². The molecule has 0 radical (unpaired) electrons. The third-order valence-electron chi connectivity index (χ3n) is 2.69. The SMILES string of the molecule is CCc1ncnc2c1[C@H](C)CC2. The Morgan fingerprint density at radius 1 is 1.50 bits per heavy atom. The van der Waals surface area contributed by atoms with Crippen LogP contribution >= 0.6 is 0 Å². The van der Waals surface area contributed by atoms with E-state index in [2.05, 4.69) is 23.8 Å². The summed E-state index contributed by atoms with van der Waals surface area (Å²) in [6.07, 6.45) is 5.14. The first-order chi connectivity index (χ1) is 5.83. The molecule has 1 aliphatic carbocycles. The fraction of sp³-hybridized carbons (Fsp3) is 0.600. The molecule has 0 aliphatic heterocycles. The second-order valence-electron chi connectivity index (χ2n) is 3.47. The van der Waals surface area contributed by atoms with E-state index in [1.807, 2.05) is 0 Å². The molecule has 0 bridgehead atoms. The van der Waals surface area contributed by atoms with Gasteiger partial charge in [-0.1, -0.05) is 13.8 Å². The number of rotatable bonds is 1. The molecule has 1 heterocycles. The molecule has 1 aromatic heterocycles. The lowest BCUT2D eigenvalue weighted by Gasteiger charge is -2.07. The normalized spacial score (nSPS) is 21.0. The molecule has 0 saturated carbocycles. The Bertz CT molecular complexity index is 294. The molecule has 0 saturated heterocycles. The van der Waals surface area contributed by atoms with Gasteiger partial charge in [-0.25, -0.2) is 9.97 Å². The number of hydrogen-bond donors (Lipinski definition) is 0. The lowest BCUT2D eigenvalue weighted by Crippen LogP contribution is -1.99. The molecule has 1 aromatic rings. The van der Waals surface area contributed by atoms with Gasteiger partial charge in [0, 0.05) is 11.4 Å². The van der Waals surface area contributed by atoms with E-state index in [1.165, 1.54) is 23.4 Å². The van der Waals surface area contributed by atoms with Crippen molar-refractivity contribution in [3.63, 3.8) is 0 Å². The highest BCUT2D eigenvalue weighted by Crippen LogP contribution is 2.32. The van der Waals surface area contributed by atoms with Crippen molar-refractivity contribution in [2.75, 3.05) is 0 Å². The predicted molar refractivity (Wildman–Crippen MR) is 48.1 cm³/mol. The van der Waals surface area contributed by atoms with Crippen LogP contribution in [0.5, 0.6) is 0 Å². The molecule has 0 fully saturated rings. The highest BCUT2D eigenvalue weighted by atomic mass is 14.8. The third kappa shape index (κ3) is 1.02. The van der Waals surface area contributed by atoms with Crippen LogP contribution < -0.4 is 0 Å². The van der Waals surface area contributed by atoms with Gasteiger partial charge in [-0.15, -0.1) is 0 Å². The van der Waals surface area contributed by atoms with Crippen LogP contribution in [0.3, 0.4) is 0 Å². The number of fused-ring (bicyclic) bond motifs is 1. The fourth-order valence-corrected chi connectivity index (χ4v) is 2.02. The van der Waals surface area contributed by atoms with Crippen molar-refractivity contribution in [2.24, 2.45) is 0 Å². The Kier molecular flexibility index (Phi) is 1.83. The van der Waals surface area contributed by atoms with Crippen molar-refractivity contribution in [2.45, 2.75) is 39.0 Å². The summed E-state index contributed by atoms with van der Waals surface area (Å²) in [4.78, 5) is 8.62. The second kappa shape index (κ2) is 2.85. The lowest BCUT2D eigenvalue weighted by atomic mass is 10.0. The molecular weight excluding hydrogens is 148 g/mol. The van der Waals surface area contributed by atoms with Crippen molar-refractivity contribution in [1.29, 1.82) is 0 Å². The zero-order chi connectivity index (χ0) is 8.55. The van der Waals surface area contributed by atoms with Gasteiger partial charge >= 0.3 is 0 Å². The van der Waals surface area contributed by atoms with Crippen LogP contribution in [-0.2, 0) is 12.8 Å². The molecule has 2 rings (SSSR count). The standard InChI is InChI=1S/C10H14N2/c1-3-8-10-7(2)4-5-9(10)12-6-11-8/h6-7H,3-5H2,1-2H3/t7-/m1/s1. The van der Waals surface area contributed by atoms with Crippen molar-refractivity contribution < 1.29 is 0 Å². The van der Waals surface area contributed by atoms with Gasteiger partial charge in [0.25, 0.3) is 0 Å². The van der Waals surface area contributed by atoms with E-state index in [0.29, 0.717) is 5.92 Å². The average Bonchev–Trinajstić information content (AvgIpc) is 2.48. The number of hydrogen-bond acceptors (Lipinski definition) is 2. The van der Waals surface area contributed by atoms with Gasteiger partial charge in [0.05, 0.1) is 0 Å². The molecule has 2 nitrogen and oxygen atoms in total. The third-order valence-corrected chi connectivity index (χ3v) is 2.69. The van der Waals surface area contributed by atoms with E-state index in [-0.39, 0.29) is 0 Å². The van der Waals surface area contributed by atoms with E-state index < -0.39 is 0 Å². The lowest BCUT2D eigenvalue weighted by molar-refractivity contribution is 0.736. The minimum absolute atomic E-state index is 0.677. The Balaban J connectivity index is 2.53. The summed E-state index contributed by atoms with van der Waals surface area (Å²) in [5.41, 5.74) is 3.97. The smallest absolute Gasteiger partial charge is 0.115 e. The minimum Gasteiger partial charge on any atom is -0.241 e. The highest BCUT2D eigenvalue weighted by molar-refractivity contribution is 5.32. The first-order valence-corrected chi connectivity index (χ1v) is 4.65. The van der Waals surface area contributed by atoms with Gasteiger partial charge in [0.1, 0.15) is 6.33 Å². The summed E-state index contributed by atoms with van der Waals surface area (Å²) in [6, 6.07) is 0. The first-order valence-electron chi connectivity index (χ1n) is 4.65. The molecular formula is C10H14N2. The molecule has 12 heavy (non-hydrogen) atoms. The largest absolute Gasteiger partial charge is 0.241 e. The monoisotopic (exact) mass is 162 g/mol. The maximum atomic E-state index is 4.31. The van der Waals surface area contributed by atoms with Gasteiger partial charge in [-0.2, -0.15) is 0 Å². The maximum Gasteiger partial charge on any atom is 0.115 e. The van der Waals surface area contributed by atoms with Gasteiger partial charge in [0.2, 0.25) is 0 Å². The molecule has 0 spiro atoms. The fourth-order valence-electron chi connectivity index (χ4n) is 2.02. The van der Waals surface area contributed by atoms with Crippen LogP contribution in [0.4, 0.5) is 0 Å². The molecule has 0 unspecified atom stereocenters. The molecule has 0 N–H and O–H groups in total. The quantitative estimate of drug-likeness (QED) is 0.632. The molecule has 1 aliphatic rings. The van der Waals surface area contributed by atoms with Crippen LogP contribution in [0.25, 0.3) is 0 Å². The first kappa shape index (κ1) is 7.71. The van der Waals surface area contributed by atoms with E-state index in [0.717, 1.165) is 12.8 Å². The van der Waals surface area contributed by atoms with Gasteiger partial charge in [0.15, 0.2) is 0 Å². The second-order valence-corrected chi connectivity index (χ2v) is 3.47. The molecule has 0 aromatic carbocycles. The van der Waals surface area contributed by atoms with Crippen LogP contribution in [0, 0.1) is 0 Å². The zero-order valence-electron chi connectivity index (χ0n) is 7.67. The average molecular weight is 162 g/mol. The van der Waals surface area contributed by atoms with Crippen molar-refractivity contribution >= 4 is 0 Å². The van der Waals surface area contributed by atoms with E-state index in [1.54, 1.807) is 6.33 Å². The molecule has 2 heteroatoms. The predicted octanol–water partition coefficient (Wildman–Crippen LogP) is 2.09. The highest BCUT2D eigenvalue weighted by Gasteiger charge is 2.22. The molecule has 1 atom stereocenters. The van der Waals surface area contributed by atoms with Crippen LogP contribution in [0.1, 0.15) is 43.1 Å². The topological polar surface area (TPSA) is 25.8 Å². The van der Waals surface area contributed by atoms with Crippen molar-refractivity contribution in [3.05, 3.63) is 23.3 Å².